The molecular formula is C35H34N5O5P. The van der Waals surface area contributed by atoms with Crippen molar-refractivity contribution >= 4 is 30.3 Å². The first-order valence-corrected chi connectivity index (χ1v) is 16.7. The molecule has 2 heterocycles. The lowest BCUT2D eigenvalue weighted by Crippen LogP contribution is -2.35. The van der Waals surface area contributed by atoms with Gasteiger partial charge < -0.3 is 29.1 Å². The van der Waals surface area contributed by atoms with Crippen LogP contribution in [0.5, 0.6) is 0 Å². The topological polar surface area (TPSA) is 132 Å². The number of aromatic nitrogens is 4. The van der Waals surface area contributed by atoms with Gasteiger partial charge >= 0.3 is 7.60 Å². The van der Waals surface area contributed by atoms with Crippen LogP contribution in [0.3, 0.4) is 0 Å². The smallest absolute Gasteiger partial charge is 0.350 e. The highest BCUT2D eigenvalue weighted by Gasteiger charge is 2.38. The summed E-state index contributed by atoms with van der Waals surface area (Å²) < 4.78 is 26.0. The Kier molecular flexibility index (Phi) is 9.63. The van der Waals surface area contributed by atoms with Crippen molar-refractivity contribution in [2.24, 2.45) is 0 Å². The number of anilines is 2. The summed E-state index contributed by atoms with van der Waals surface area (Å²) in [6, 6.07) is 39.5. The molecule has 0 aliphatic rings. The van der Waals surface area contributed by atoms with Crippen molar-refractivity contribution in [3.05, 3.63) is 151 Å². The van der Waals surface area contributed by atoms with Crippen molar-refractivity contribution in [1.82, 2.24) is 19.5 Å². The SMILES string of the molecule is O=P(O)(O)COCCC(COC(c1ccccc1)(c1ccccc1)c1ccccc1)n1cnc2c(Nc3ccccc3)ncnc21. The number of hydrogen-bond acceptors (Lipinski definition) is 7. The predicted octanol–water partition coefficient (Wildman–Crippen LogP) is 6.66. The monoisotopic (exact) mass is 635 g/mol. The summed E-state index contributed by atoms with van der Waals surface area (Å²) in [6.45, 7) is 0.267. The molecule has 4 aromatic carbocycles. The molecule has 1 unspecified atom stereocenters. The lowest BCUT2D eigenvalue weighted by molar-refractivity contribution is -0.0107. The first-order chi connectivity index (χ1) is 22.4. The molecule has 1 atom stereocenters. The van der Waals surface area contributed by atoms with E-state index in [2.05, 4.69) is 56.7 Å². The molecule has 3 N–H and O–H groups in total. The highest BCUT2D eigenvalue weighted by Crippen LogP contribution is 2.41. The number of nitrogens with zero attached hydrogens (tertiary/aromatic N) is 4. The van der Waals surface area contributed by atoms with Crippen LogP contribution in [0.2, 0.25) is 0 Å². The molecule has 0 fully saturated rings. The van der Waals surface area contributed by atoms with E-state index >= 15 is 0 Å². The Labute approximate surface area is 266 Å². The van der Waals surface area contributed by atoms with E-state index in [0.717, 1.165) is 22.4 Å². The van der Waals surface area contributed by atoms with Gasteiger partial charge in [0.1, 0.15) is 18.3 Å². The summed E-state index contributed by atoms with van der Waals surface area (Å²) in [4.78, 5) is 32.4. The number of imidazole rings is 1. The third-order valence-electron chi connectivity index (χ3n) is 7.68. The Hall–Kier alpha value is -4.70. The fourth-order valence-corrected chi connectivity index (χ4v) is 5.93. The molecule has 0 aliphatic heterocycles. The molecule has 0 spiro atoms. The number of nitrogens with one attached hydrogen (secondary N) is 1. The van der Waals surface area contributed by atoms with Gasteiger partial charge in [-0.2, -0.15) is 0 Å². The highest BCUT2D eigenvalue weighted by atomic mass is 31.2. The zero-order chi connectivity index (χ0) is 31.8. The summed E-state index contributed by atoms with van der Waals surface area (Å²) in [6.07, 6.45) is 2.88. The molecule has 0 bridgehead atoms. The van der Waals surface area contributed by atoms with E-state index in [4.69, 9.17) is 9.47 Å². The Morgan fingerprint density at radius 3 is 1.85 bits per heavy atom. The fourth-order valence-electron chi connectivity index (χ4n) is 5.56. The largest absolute Gasteiger partial charge is 0.369 e. The Morgan fingerprint density at radius 2 is 1.30 bits per heavy atom. The zero-order valence-electron chi connectivity index (χ0n) is 25.0. The Bertz CT molecular complexity index is 1790. The first kappa shape index (κ1) is 31.3. The lowest BCUT2D eigenvalue weighted by atomic mass is 9.80. The second kappa shape index (κ2) is 14.2. The minimum atomic E-state index is -4.33. The number of ether oxygens (including phenoxy) is 2. The van der Waals surface area contributed by atoms with Gasteiger partial charge in [0.15, 0.2) is 17.0 Å². The summed E-state index contributed by atoms with van der Waals surface area (Å²) in [5.41, 5.74) is 3.92. The van der Waals surface area contributed by atoms with Gasteiger partial charge in [-0.25, -0.2) is 15.0 Å². The molecule has 0 aliphatic carbocycles. The number of benzene rings is 4. The van der Waals surface area contributed by atoms with Crippen LogP contribution in [0.25, 0.3) is 11.2 Å². The van der Waals surface area contributed by atoms with Crippen LogP contribution in [-0.4, -0.2) is 48.9 Å². The third kappa shape index (κ3) is 7.07. The average Bonchev–Trinajstić information content (AvgIpc) is 3.52. The molecule has 2 aromatic heterocycles. The molecule has 0 saturated heterocycles. The predicted molar refractivity (Wildman–Crippen MR) is 177 cm³/mol. The first-order valence-electron chi connectivity index (χ1n) is 14.9. The van der Waals surface area contributed by atoms with E-state index in [-0.39, 0.29) is 19.3 Å². The van der Waals surface area contributed by atoms with E-state index in [1.54, 1.807) is 6.33 Å². The molecule has 0 amide bonds. The van der Waals surface area contributed by atoms with Crippen molar-refractivity contribution in [1.29, 1.82) is 0 Å². The summed E-state index contributed by atoms with van der Waals surface area (Å²) >= 11 is 0. The minimum absolute atomic E-state index is 0.0774. The van der Waals surface area contributed by atoms with Crippen molar-refractivity contribution in [2.75, 3.05) is 24.9 Å². The van der Waals surface area contributed by atoms with Crippen LogP contribution in [0.15, 0.2) is 134 Å². The van der Waals surface area contributed by atoms with Gasteiger partial charge in [-0.3, -0.25) is 4.57 Å². The molecule has 234 valence electrons. The van der Waals surface area contributed by atoms with Crippen molar-refractivity contribution in [2.45, 2.75) is 18.1 Å². The molecule has 6 aromatic rings. The quantitative estimate of drug-likeness (QED) is 0.0683. The highest BCUT2D eigenvalue weighted by molar-refractivity contribution is 7.51. The van der Waals surface area contributed by atoms with Gasteiger partial charge in [0.25, 0.3) is 0 Å². The zero-order valence-corrected chi connectivity index (χ0v) is 25.9. The van der Waals surface area contributed by atoms with Gasteiger partial charge in [0.2, 0.25) is 0 Å². The summed E-state index contributed by atoms with van der Waals surface area (Å²) in [5, 5.41) is 3.32. The number of para-hydroxylation sites is 1. The standard InChI is InChI=1S/C35H34N5O5P/c41-46(42,43)26-44-22-21-31(40-25-38-32-33(36-24-37-34(32)40)39-30-19-11-4-12-20-30)23-45-35(27-13-5-1-6-14-27,28-15-7-2-8-16-28)29-17-9-3-10-18-29/h1-20,24-25,31H,21-23,26H2,(H,36,37,39)(H2,41,42,43). The van der Waals surface area contributed by atoms with Crippen LogP contribution >= 0.6 is 7.60 Å². The van der Waals surface area contributed by atoms with E-state index in [9.17, 15) is 14.4 Å². The maximum absolute atomic E-state index is 11.5. The number of fused-ring (bicyclic) bond motifs is 1. The number of rotatable bonds is 14. The maximum atomic E-state index is 11.5. The number of hydrogen-bond donors (Lipinski definition) is 3. The normalized spacial score (nSPS) is 12.7. The van der Waals surface area contributed by atoms with E-state index in [1.807, 2.05) is 89.5 Å². The molecular weight excluding hydrogens is 601 g/mol. The van der Waals surface area contributed by atoms with E-state index in [1.165, 1.54) is 6.33 Å². The lowest BCUT2D eigenvalue weighted by Gasteiger charge is -2.37. The molecule has 10 nitrogen and oxygen atoms in total. The third-order valence-corrected chi connectivity index (χ3v) is 8.20. The van der Waals surface area contributed by atoms with Crippen LogP contribution in [0, 0.1) is 0 Å². The molecule has 0 saturated carbocycles. The average molecular weight is 636 g/mol. The molecule has 11 heteroatoms. The molecule has 6 rings (SSSR count). The second-order valence-electron chi connectivity index (χ2n) is 10.8. The van der Waals surface area contributed by atoms with Crippen molar-refractivity contribution in [3.63, 3.8) is 0 Å². The molecule has 46 heavy (non-hydrogen) atoms. The van der Waals surface area contributed by atoms with Crippen LogP contribution < -0.4 is 5.32 Å². The van der Waals surface area contributed by atoms with Gasteiger partial charge in [0.05, 0.1) is 19.0 Å². The Balaban J connectivity index is 1.40. The summed E-state index contributed by atoms with van der Waals surface area (Å²) in [7, 11) is -4.33. The van der Waals surface area contributed by atoms with Gasteiger partial charge in [-0.1, -0.05) is 109 Å². The van der Waals surface area contributed by atoms with Crippen LogP contribution in [0.1, 0.15) is 29.2 Å². The maximum Gasteiger partial charge on any atom is 0.350 e. The second-order valence-corrected chi connectivity index (χ2v) is 12.4. The van der Waals surface area contributed by atoms with Crippen molar-refractivity contribution < 1.29 is 23.8 Å². The van der Waals surface area contributed by atoms with Gasteiger partial charge in [-0.05, 0) is 35.2 Å². The summed E-state index contributed by atoms with van der Waals surface area (Å²) in [5.74, 6) is 0.555. The van der Waals surface area contributed by atoms with Gasteiger partial charge in [0, 0.05) is 12.3 Å². The van der Waals surface area contributed by atoms with Crippen molar-refractivity contribution in [3.8, 4) is 0 Å². The van der Waals surface area contributed by atoms with E-state index < -0.39 is 19.5 Å². The Morgan fingerprint density at radius 1 is 0.761 bits per heavy atom. The molecule has 0 radical (unpaired) electrons. The van der Waals surface area contributed by atoms with Crippen LogP contribution in [-0.2, 0) is 19.6 Å². The van der Waals surface area contributed by atoms with E-state index in [0.29, 0.717) is 23.4 Å². The van der Waals surface area contributed by atoms with Crippen LogP contribution in [0.4, 0.5) is 11.5 Å². The minimum Gasteiger partial charge on any atom is -0.369 e. The fraction of sp³-hybridized carbons (Fsp3) is 0.171. The van der Waals surface area contributed by atoms with Gasteiger partial charge in [-0.15, -0.1) is 0 Å².